The Morgan fingerprint density at radius 1 is 0.907 bits per heavy atom. The number of carbonyl (C=O) groups excluding carboxylic acids is 2. The molecular formula is C32H23F3N4O4. The number of oxazole rings is 1. The van der Waals surface area contributed by atoms with Crippen molar-refractivity contribution >= 4 is 33.9 Å². The number of nitrogens with one attached hydrogen (secondary N) is 2. The number of fused-ring (bicyclic) bond motifs is 2. The standard InChI is InChI=1S/C32H23F3N4O4/c1-15-21(12-18(13-22(15)34)30(40)38-16(2)32-39-23-10-11-37-14-25(23)43-32)20-8-9-24-26(28(20)35)27(31(41)36-3)29(42-24)17-4-6-19(33)7-5-17/h4-14,16H,1-3H3,(H,36,41)(H,38,40)/t16-/m1/s1. The maximum Gasteiger partial charge on any atom is 0.255 e. The predicted octanol–water partition coefficient (Wildman–Crippen LogP) is 6.88. The van der Waals surface area contributed by atoms with Gasteiger partial charge in [-0.05, 0) is 79.6 Å². The molecule has 11 heteroatoms. The number of hydrogen-bond donors (Lipinski definition) is 2. The van der Waals surface area contributed by atoms with E-state index < -0.39 is 35.3 Å². The number of furan rings is 1. The highest BCUT2D eigenvalue weighted by molar-refractivity contribution is 6.12. The summed E-state index contributed by atoms with van der Waals surface area (Å²) >= 11 is 0. The second-order valence-corrected chi connectivity index (χ2v) is 9.91. The highest BCUT2D eigenvalue weighted by Crippen LogP contribution is 2.40. The van der Waals surface area contributed by atoms with Crippen molar-refractivity contribution in [2.45, 2.75) is 19.9 Å². The van der Waals surface area contributed by atoms with E-state index in [1.54, 1.807) is 19.2 Å². The van der Waals surface area contributed by atoms with Gasteiger partial charge >= 0.3 is 0 Å². The summed E-state index contributed by atoms with van der Waals surface area (Å²) in [4.78, 5) is 34.5. The Balaban J connectivity index is 1.41. The third-order valence-electron chi connectivity index (χ3n) is 7.18. The van der Waals surface area contributed by atoms with Crippen LogP contribution in [0.4, 0.5) is 13.2 Å². The molecule has 0 aliphatic rings. The van der Waals surface area contributed by atoms with Crippen molar-refractivity contribution in [2.75, 3.05) is 7.05 Å². The van der Waals surface area contributed by atoms with Crippen LogP contribution in [-0.4, -0.2) is 28.8 Å². The number of carbonyl (C=O) groups is 2. The summed E-state index contributed by atoms with van der Waals surface area (Å²) in [6.07, 6.45) is 3.07. The van der Waals surface area contributed by atoms with Gasteiger partial charge in [0.15, 0.2) is 5.58 Å². The van der Waals surface area contributed by atoms with Crippen molar-refractivity contribution in [3.63, 3.8) is 0 Å². The van der Waals surface area contributed by atoms with Gasteiger partial charge in [0, 0.05) is 29.9 Å². The number of aromatic nitrogens is 2. The van der Waals surface area contributed by atoms with Crippen molar-refractivity contribution in [3.05, 3.63) is 107 Å². The van der Waals surface area contributed by atoms with Gasteiger partial charge in [0.2, 0.25) is 5.89 Å². The largest absolute Gasteiger partial charge is 0.455 e. The monoisotopic (exact) mass is 584 g/mol. The molecular weight excluding hydrogens is 561 g/mol. The minimum atomic E-state index is -0.846. The Hall–Kier alpha value is -5.45. The van der Waals surface area contributed by atoms with Gasteiger partial charge in [0.05, 0.1) is 17.1 Å². The average molecular weight is 585 g/mol. The maximum atomic E-state index is 16.3. The number of halogens is 3. The van der Waals surface area contributed by atoms with Gasteiger partial charge in [-0.3, -0.25) is 14.6 Å². The summed E-state index contributed by atoms with van der Waals surface area (Å²) in [6.45, 7) is 3.12. The number of hydrogen-bond acceptors (Lipinski definition) is 6. The molecule has 2 amide bonds. The Morgan fingerprint density at radius 3 is 2.40 bits per heavy atom. The van der Waals surface area contributed by atoms with Gasteiger partial charge in [-0.1, -0.05) is 0 Å². The van der Waals surface area contributed by atoms with Gasteiger partial charge in [-0.15, -0.1) is 0 Å². The third kappa shape index (κ3) is 4.88. The summed E-state index contributed by atoms with van der Waals surface area (Å²) in [7, 11) is 1.39. The first-order valence-corrected chi connectivity index (χ1v) is 13.2. The molecule has 6 aromatic rings. The Kier molecular flexibility index (Phi) is 6.93. The Morgan fingerprint density at radius 2 is 1.67 bits per heavy atom. The summed E-state index contributed by atoms with van der Waals surface area (Å²) in [5.41, 5.74) is 1.44. The van der Waals surface area contributed by atoms with E-state index in [-0.39, 0.29) is 50.4 Å². The molecule has 0 aliphatic heterocycles. The molecule has 8 nitrogen and oxygen atoms in total. The highest BCUT2D eigenvalue weighted by Gasteiger charge is 2.27. The summed E-state index contributed by atoms with van der Waals surface area (Å²) in [5, 5.41) is 5.08. The van der Waals surface area contributed by atoms with Crippen LogP contribution in [0.1, 0.15) is 45.1 Å². The number of amides is 2. The second-order valence-electron chi connectivity index (χ2n) is 9.91. The normalized spacial score (nSPS) is 12.0. The molecule has 216 valence electrons. The van der Waals surface area contributed by atoms with Crippen LogP contribution < -0.4 is 10.6 Å². The zero-order valence-electron chi connectivity index (χ0n) is 23.1. The summed E-state index contributed by atoms with van der Waals surface area (Å²) in [6, 6.07) is 11.5. The minimum Gasteiger partial charge on any atom is -0.455 e. The molecule has 0 aliphatic carbocycles. The predicted molar refractivity (Wildman–Crippen MR) is 153 cm³/mol. The first-order valence-electron chi connectivity index (χ1n) is 13.2. The molecule has 3 aromatic heterocycles. The summed E-state index contributed by atoms with van der Waals surface area (Å²) in [5.74, 6) is -3.05. The van der Waals surface area contributed by atoms with Crippen LogP contribution in [-0.2, 0) is 0 Å². The van der Waals surface area contributed by atoms with Crippen LogP contribution in [0.2, 0.25) is 0 Å². The molecule has 1 atom stereocenters. The van der Waals surface area contributed by atoms with Gasteiger partial charge < -0.3 is 19.5 Å². The molecule has 6 rings (SSSR count). The fourth-order valence-electron chi connectivity index (χ4n) is 4.92. The third-order valence-corrected chi connectivity index (χ3v) is 7.18. The lowest BCUT2D eigenvalue weighted by atomic mass is 9.94. The van der Waals surface area contributed by atoms with E-state index >= 15 is 8.78 Å². The summed E-state index contributed by atoms with van der Waals surface area (Å²) < 4.78 is 56.6. The Labute approximate surface area is 242 Å². The minimum absolute atomic E-state index is 0.0466. The molecule has 3 aromatic carbocycles. The lowest BCUT2D eigenvalue weighted by molar-refractivity contribution is 0.0932. The maximum absolute atomic E-state index is 16.3. The van der Waals surface area contributed by atoms with E-state index in [9.17, 15) is 14.0 Å². The van der Waals surface area contributed by atoms with Crippen LogP contribution in [0.25, 0.3) is 44.5 Å². The van der Waals surface area contributed by atoms with Gasteiger partial charge in [0.1, 0.15) is 40.4 Å². The molecule has 0 saturated heterocycles. The van der Waals surface area contributed by atoms with Crippen molar-refractivity contribution in [1.29, 1.82) is 0 Å². The van der Waals surface area contributed by atoms with E-state index in [0.717, 1.165) is 6.07 Å². The smallest absolute Gasteiger partial charge is 0.255 e. The van der Waals surface area contributed by atoms with Crippen molar-refractivity contribution < 1.29 is 31.6 Å². The van der Waals surface area contributed by atoms with E-state index in [0.29, 0.717) is 16.7 Å². The number of pyridine rings is 1. The van der Waals surface area contributed by atoms with Crippen LogP contribution in [0, 0.1) is 24.4 Å². The van der Waals surface area contributed by atoms with Gasteiger partial charge in [0.25, 0.3) is 11.8 Å². The van der Waals surface area contributed by atoms with Gasteiger partial charge in [-0.2, -0.15) is 0 Å². The molecule has 0 spiro atoms. The van der Waals surface area contributed by atoms with Crippen LogP contribution in [0.3, 0.4) is 0 Å². The average Bonchev–Trinajstić information content (AvgIpc) is 3.62. The molecule has 0 fully saturated rings. The fourth-order valence-corrected chi connectivity index (χ4v) is 4.92. The molecule has 0 saturated carbocycles. The molecule has 3 heterocycles. The lowest BCUT2D eigenvalue weighted by Crippen LogP contribution is -2.27. The highest BCUT2D eigenvalue weighted by atomic mass is 19.1. The van der Waals surface area contributed by atoms with E-state index in [4.69, 9.17) is 8.83 Å². The van der Waals surface area contributed by atoms with Crippen molar-refractivity contribution in [3.8, 4) is 22.5 Å². The fraction of sp³-hybridized carbons (Fsp3) is 0.125. The quantitative estimate of drug-likeness (QED) is 0.221. The first-order chi connectivity index (χ1) is 20.7. The SMILES string of the molecule is CNC(=O)c1c(-c2ccc(F)cc2)oc2ccc(-c3cc(C(=O)N[C@H](C)c4nc5ccncc5o4)cc(F)c3C)c(F)c12. The van der Waals surface area contributed by atoms with Crippen LogP contribution in [0.5, 0.6) is 0 Å². The lowest BCUT2D eigenvalue weighted by Gasteiger charge is -2.14. The Bertz CT molecular complexity index is 2020. The zero-order chi connectivity index (χ0) is 30.4. The van der Waals surface area contributed by atoms with Crippen molar-refractivity contribution in [1.82, 2.24) is 20.6 Å². The molecule has 2 N–H and O–H groups in total. The number of rotatable bonds is 6. The number of benzene rings is 3. The topological polar surface area (TPSA) is 110 Å². The molecule has 0 unspecified atom stereocenters. The van der Waals surface area contributed by atoms with Crippen LogP contribution in [0.15, 0.2) is 75.8 Å². The second kappa shape index (κ2) is 10.8. The van der Waals surface area contributed by atoms with Crippen LogP contribution >= 0.6 is 0 Å². The zero-order valence-corrected chi connectivity index (χ0v) is 23.1. The van der Waals surface area contributed by atoms with E-state index in [2.05, 4.69) is 20.6 Å². The molecule has 0 radical (unpaired) electrons. The first kappa shape index (κ1) is 27.7. The van der Waals surface area contributed by atoms with E-state index in [1.807, 2.05) is 0 Å². The molecule has 43 heavy (non-hydrogen) atoms. The van der Waals surface area contributed by atoms with Gasteiger partial charge in [-0.25, -0.2) is 18.2 Å². The molecule has 0 bridgehead atoms. The van der Waals surface area contributed by atoms with Crippen molar-refractivity contribution in [2.24, 2.45) is 0 Å². The number of nitrogens with zero attached hydrogens (tertiary/aromatic N) is 2. The van der Waals surface area contributed by atoms with E-state index in [1.165, 1.54) is 62.6 Å².